The minimum absolute atomic E-state index is 0.0770. The zero-order valence-electron chi connectivity index (χ0n) is 14.2. The molecule has 12 heteroatoms. The van der Waals surface area contributed by atoms with Gasteiger partial charge in [0.1, 0.15) is 6.61 Å². The van der Waals surface area contributed by atoms with Crippen molar-refractivity contribution in [3.8, 4) is 0 Å². The fraction of sp³-hybridized carbons (Fsp3) is 0.385. The van der Waals surface area contributed by atoms with Gasteiger partial charge in [0.25, 0.3) is 22.5 Å². The predicted molar refractivity (Wildman–Crippen MR) is 95.8 cm³/mol. The van der Waals surface area contributed by atoms with Crippen LogP contribution >= 0.6 is 6.57 Å². The summed E-state index contributed by atoms with van der Waals surface area (Å²) in [5.41, 5.74) is 0.446. The van der Waals surface area contributed by atoms with E-state index in [4.69, 9.17) is 11.8 Å². The second-order valence-corrected chi connectivity index (χ2v) is 10.4. The molecule has 0 saturated carbocycles. The van der Waals surface area contributed by atoms with Gasteiger partial charge in [0.2, 0.25) is 0 Å². The van der Waals surface area contributed by atoms with E-state index in [9.17, 15) is 22.9 Å². The highest BCUT2D eigenvalue weighted by molar-refractivity contribution is 8.10. The van der Waals surface area contributed by atoms with Crippen LogP contribution in [-0.4, -0.2) is 62.4 Å². The SMILES string of the molecule is COCC(=O)N(C)P(O)(=S)N(C)C(=O)NS(=O)(=O)c1ccccc1C. The first-order valence-electron chi connectivity index (χ1n) is 6.90. The van der Waals surface area contributed by atoms with E-state index in [-0.39, 0.29) is 11.5 Å². The molecule has 25 heavy (non-hydrogen) atoms. The minimum Gasteiger partial charge on any atom is -0.375 e. The van der Waals surface area contributed by atoms with Gasteiger partial charge in [-0.05, 0) is 30.4 Å². The highest BCUT2D eigenvalue weighted by atomic mass is 32.5. The number of methoxy groups -OCH3 is 1. The number of sulfonamides is 1. The lowest BCUT2D eigenvalue weighted by atomic mass is 10.2. The fourth-order valence-electron chi connectivity index (χ4n) is 1.78. The number of rotatable bonds is 6. The van der Waals surface area contributed by atoms with Gasteiger partial charge < -0.3 is 9.63 Å². The topological polar surface area (TPSA) is 116 Å². The highest BCUT2D eigenvalue weighted by Gasteiger charge is 2.34. The van der Waals surface area contributed by atoms with Crippen molar-refractivity contribution in [2.75, 3.05) is 27.8 Å². The van der Waals surface area contributed by atoms with E-state index in [1.807, 2.05) is 4.72 Å². The number of likely N-dealkylation sites (N-methyl/N-ethyl adjacent to an activating group) is 1. The van der Waals surface area contributed by atoms with E-state index in [1.165, 1.54) is 26.3 Å². The van der Waals surface area contributed by atoms with Crippen LogP contribution in [0.25, 0.3) is 0 Å². The average Bonchev–Trinajstić information content (AvgIpc) is 2.53. The van der Waals surface area contributed by atoms with Crippen molar-refractivity contribution in [1.82, 2.24) is 14.1 Å². The number of hydrogen-bond acceptors (Lipinski definition) is 6. The summed E-state index contributed by atoms with van der Waals surface area (Å²) in [6.07, 6.45) is 0. The summed E-state index contributed by atoms with van der Waals surface area (Å²) in [5.74, 6) is -0.644. The summed E-state index contributed by atoms with van der Waals surface area (Å²) < 4.78 is 32.6. The summed E-state index contributed by atoms with van der Waals surface area (Å²) in [6, 6.07) is 4.95. The number of amides is 3. The van der Waals surface area contributed by atoms with E-state index in [0.29, 0.717) is 10.2 Å². The van der Waals surface area contributed by atoms with Crippen LogP contribution in [-0.2, 0) is 31.4 Å². The van der Waals surface area contributed by atoms with Gasteiger partial charge in [-0.2, -0.15) is 0 Å². The molecule has 1 aromatic rings. The van der Waals surface area contributed by atoms with Crippen molar-refractivity contribution in [1.29, 1.82) is 0 Å². The Morgan fingerprint density at radius 3 is 2.36 bits per heavy atom. The molecule has 0 aromatic heterocycles. The molecule has 0 spiro atoms. The summed E-state index contributed by atoms with van der Waals surface area (Å²) in [5, 5.41) is 0. The summed E-state index contributed by atoms with van der Waals surface area (Å²) in [6.45, 7) is -2.57. The molecule has 0 aliphatic heterocycles. The van der Waals surface area contributed by atoms with Crippen LogP contribution in [0.3, 0.4) is 0 Å². The summed E-state index contributed by atoms with van der Waals surface area (Å²) >= 11 is 4.97. The van der Waals surface area contributed by atoms with Gasteiger partial charge in [-0.15, -0.1) is 0 Å². The van der Waals surface area contributed by atoms with Crippen LogP contribution in [0.1, 0.15) is 5.56 Å². The normalized spacial score (nSPS) is 13.6. The molecular formula is C13H20N3O6PS2. The Labute approximate surface area is 151 Å². The van der Waals surface area contributed by atoms with Crippen molar-refractivity contribution in [2.45, 2.75) is 11.8 Å². The Hall–Kier alpha value is -1.52. The molecule has 0 saturated heterocycles. The number of nitrogens with zero attached hydrogens (tertiary/aromatic N) is 2. The average molecular weight is 409 g/mol. The third-order valence-corrected chi connectivity index (χ3v) is 8.23. The van der Waals surface area contributed by atoms with Crippen molar-refractivity contribution in [3.05, 3.63) is 29.8 Å². The van der Waals surface area contributed by atoms with Crippen LogP contribution in [0.2, 0.25) is 0 Å². The number of carbonyl (C=O) groups is 2. The molecule has 0 aliphatic carbocycles. The maximum Gasteiger partial charge on any atom is 0.337 e. The standard InChI is InChI=1S/C13H20N3O6PS2/c1-10-7-5-6-8-11(10)25(20,21)14-13(18)16(3)23(19,24)15(2)12(17)9-22-4/h5-8H,9H2,1-4H3,(H,14,18)(H,19,24). The molecule has 140 valence electrons. The van der Waals surface area contributed by atoms with Crippen molar-refractivity contribution in [3.63, 3.8) is 0 Å². The van der Waals surface area contributed by atoms with Gasteiger partial charge in [0, 0.05) is 21.2 Å². The van der Waals surface area contributed by atoms with E-state index < -0.39 is 28.5 Å². The number of benzene rings is 1. The zero-order chi connectivity index (χ0) is 19.4. The summed E-state index contributed by atoms with van der Waals surface area (Å²) in [4.78, 5) is 34.3. The zero-order valence-corrected chi connectivity index (χ0v) is 16.7. The van der Waals surface area contributed by atoms with E-state index >= 15 is 0 Å². The maximum atomic E-state index is 12.3. The first-order chi connectivity index (χ1) is 11.4. The molecule has 2 N–H and O–H groups in total. The minimum atomic E-state index is -4.16. The van der Waals surface area contributed by atoms with Gasteiger partial charge in [0.15, 0.2) is 0 Å². The molecule has 0 fully saturated rings. The molecule has 1 rings (SSSR count). The lowest BCUT2D eigenvalue weighted by molar-refractivity contribution is -0.129. The molecule has 1 unspecified atom stereocenters. The van der Waals surface area contributed by atoms with Crippen LogP contribution in [0.4, 0.5) is 4.79 Å². The van der Waals surface area contributed by atoms with Gasteiger partial charge >= 0.3 is 6.03 Å². The van der Waals surface area contributed by atoms with Crippen molar-refractivity contribution in [2.24, 2.45) is 0 Å². The molecule has 0 aliphatic rings. The Kier molecular flexibility index (Phi) is 7.09. The lowest BCUT2D eigenvalue weighted by Crippen LogP contribution is -2.43. The smallest absolute Gasteiger partial charge is 0.337 e. The molecule has 1 atom stereocenters. The molecule has 0 heterocycles. The van der Waals surface area contributed by atoms with E-state index in [0.717, 1.165) is 11.7 Å². The van der Waals surface area contributed by atoms with Gasteiger partial charge in [-0.25, -0.2) is 17.9 Å². The molecular weight excluding hydrogens is 389 g/mol. The number of carbonyl (C=O) groups excluding carboxylic acids is 2. The lowest BCUT2D eigenvalue weighted by Gasteiger charge is -2.33. The Morgan fingerprint density at radius 1 is 1.28 bits per heavy atom. The quantitative estimate of drug-likeness (QED) is 0.663. The van der Waals surface area contributed by atoms with Crippen LogP contribution in [0.15, 0.2) is 29.2 Å². The largest absolute Gasteiger partial charge is 0.375 e. The first-order valence-corrected chi connectivity index (χ1v) is 11.0. The number of urea groups is 1. The molecule has 1 aromatic carbocycles. The van der Waals surface area contributed by atoms with Gasteiger partial charge in [-0.1, -0.05) is 18.2 Å². The molecule has 9 nitrogen and oxygen atoms in total. The monoisotopic (exact) mass is 409 g/mol. The molecule has 0 radical (unpaired) electrons. The fourth-order valence-corrected chi connectivity index (χ4v) is 4.60. The third-order valence-electron chi connectivity index (χ3n) is 3.31. The number of nitrogens with one attached hydrogen (secondary N) is 1. The molecule has 0 bridgehead atoms. The Bertz CT molecular complexity index is 814. The van der Waals surface area contributed by atoms with Gasteiger partial charge in [0.05, 0.1) is 4.90 Å². The van der Waals surface area contributed by atoms with Crippen molar-refractivity contribution >= 4 is 40.3 Å². The van der Waals surface area contributed by atoms with Crippen molar-refractivity contribution < 1.29 is 27.6 Å². The second-order valence-electron chi connectivity index (χ2n) is 5.06. The maximum absolute atomic E-state index is 12.3. The Balaban J connectivity index is 3.01. The first kappa shape index (κ1) is 21.5. The van der Waals surface area contributed by atoms with Crippen LogP contribution < -0.4 is 4.72 Å². The van der Waals surface area contributed by atoms with E-state index in [2.05, 4.69) is 4.74 Å². The van der Waals surface area contributed by atoms with E-state index in [1.54, 1.807) is 19.1 Å². The van der Waals surface area contributed by atoms with Crippen LogP contribution in [0.5, 0.6) is 0 Å². The number of hydrogen-bond donors (Lipinski definition) is 2. The van der Waals surface area contributed by atoms with Crippen LogP contribution in [0, 0.1) is 6.92 Å². The Morgan fingerprint density at radius 2 is 1.84 bits per heavy atom. The number of ether oxygens (including phenoxy) is 1. The second kappa shape index (κ2) is 8.24. The summed E-state index contributed by atoms with van der Waals surface area (Å²) in [7, 11) is -0.550. The third kappa shape index (κ3) is 4.99. The highest BCUT2D eigenvalue weighted by Crippen LogP contribution is 2.47. The predicted octanol–water partition coefficient (Wildman–Crippen LogP) is 0.647. The van der Waals surface area contributed by atoms with Gasteiger partial charge in [-0.3, -0.25) is 14.1 Å². The number of aryl methyl sites for hydroxylation is 1. The molecule has 3 amide bonds.